The summed E-state index contributed by atoms with van der Waals surface area (Å²) in [7, 11) is 0. The van der Waals surface area contributed by atoms with E-state index in [9.17, 15) is 0 Å². The molecule has 1 fully saturated rings. The van der Waals surface area contributed by atoms with Gasteiger partial charge in [0.15, 0.2) is 0 Å². The third kappa shape index (κ3) is 1.03. The molecule has 1 aliphatic heterocycles. The maximum atomic E-state index is 3.36. The van der Waals surface area contributed by atoms with Gasteiger partial charge in [0.25, 0.3) is 0 Å². The van der Waals surface area contributed by atoms with Crippen molar-refractivity contribution in [3.63, 3.8) is 0 Å². The Morgan fingerprint density at radius 1 is 1.40 bits per heavy atom. The monoisotopic (exact) mass is 138 g/mol. The van der Waals surface area contributed by atoms with E-state index in [0.29, 0.717) is 0 Å². The van der Waals surface area contributed by atoms with Gasteiger partial charge in [-0.2, -0.15) is 0 Å². The number of hydrazine groups is 1. The van der Waals surface area contributed by atoms with Crippen LogP contribution in [0.25, 0.3) is 0 Å². The van der Waals surface area contributed by atoms with Gasteiger partial charge in [0.05, 0.1) is 0 Å². The molecule has 0 aromatic rings. The molecule has 0 saturated carbocycles. The van der Waals surface area contributed by atoms with Crippen LogP contribution in [0.1, 0.15) is 25.7 Å². The molecule has 2 rings (SSSR count). The van der Waals surface area contributed by atoms with E-state index in [1.165, 1.54) is 37.9 Å². The molecule has 56 valence electrons. The summed E-state index contributed by atoms with van der Waals surface area (Å²) in [6, 6.07) is 0. The Morgan fingerprint density at radius 2 is 2.40 bits per heavy atom. The number of hydrogen-bond acceptors (Lipinski definition) is 2. The van der Waals surface area contributed by atoms with E-state index in [-0.39, 0.29) is 0 Å². The number of allylic oxidation sites excluding steroid dienone is 2. The van der Waals surface area contributed by atoms with Crippen LogP contribution in [-0.4, -0.2) is 18.1 Å². The minimum atomic E-state index is 1.16. The van der Waals surface area contributed by atoms with Crippen LogP contribution in [0, 0.1) is 0 Å². The molecule has 0 unspecified atom stereocenters. The van der Waals surface area contributed by atoms with Crippen LogP contribution in [0.5, 0.6) is 0 Å². The zero-order valence-electron chi connectivity index (χ0n) is 6.27. The summed E-state index contributed by atoms with van der Waals surface area (Å²) in [5, 5.41) is 2.31. The van der Waals surface area contributed by atoms with Crippen molar-refractivity contribution < 1.29 is 0 Å². The molecule has 10 heavy (non-hydrogen) atoms. The lowest BCUT2D eigenvalue weighted by Gasteiger charge is -2.18. The Bertz CT molecular complexity index is 145. The third-order valence-electron chi connectivity index (χ3n) is 2.22. The van der Waals surface area contributed by atoms with Crippen LogP contribution >= 0.6 is 0 Å². The number of rotatable bonds is 1. The predicted molar refractivity (Wildman–Crippen MR) is 41.3 cm³/mol. The van der Waals surface area contributed by atoms with Crippen molar-refractivity contribution in [2.45, 2.75) is 25.7 Å². The van der Waals surface area contributed by atoms with Crippen molar-refractivity contribution in [2.75, 3.05) is 13.1 Å². The summed E-state index contributed by atoms with van der Waals surface area (Å²) >= 11 is 0. The lowest BCUT2D eigenvalue weighted by molar-refractivity contribution is 0.318. The summed E-state index contributed by atoms with van der Waals surface area (Å²) in [6.07, 6.45) is 7.59. The number of nitrogens with zero attached hydrogens (tertiary/aromatic N) is 1. The summed E-state index contributed by atoms with van der Waals surface area (Å²) in [6.45, 7) is 2.38. The smallest absolute Gasteiger partial charge is 0.0353 e. The second kappa shape index (κ2) is 2.62. The van der Waals surface area contributed by atoms with Gasteiger partial charge in [-0.1, -0.05) is 6.08 Å². The molecule has 1 saturated heterocycles. The zero-order valence-corrected chi connectivity index (χ0v) is 6.27. The molecule has 0 aromatic carbocycles. The first-order valence-electron chi connectivity index (χ1n) is 4.17. The van der Waals surface area contributed by atoms with Crippen molar-refractivity contribution in [3.05, 3.63) is 11.8 Å². The van der Waals surface area contributed by atoms with E-state index in [1.807, 2.05) is 0 Å². The summed E-state index contributed by atoms with van der Waals surface area (Å²) in [5.41, 5.74) is 4.89. The summed E-state index contributed by atoms with van der Waals surface area (Å²) < 4.78 is 0. The normalized spacial score (nSPS) is 25.6. The maximum Gasteiger partial charge on any atom is 0.0353 e. The van der Waals surface area contributed by atoms with Gasteiger partial charge in [0, 0.05) is 18.8 Å². The predicted octanol–water partition coefficient (Wildman–Crippen LogP) is 1.26. The van der Waals surface area contributed by atoms with Crippen LogP contribution in [-0.2, 0) is 0 Å². The quantitative estimate of drug-likeness (QED) is 0.587. The highest BCUT2D eigenvalue weighted by atomic mass is 15.5. The van der Waals surface area contributed by atoms with Crippen molar-refractivity contribution in [1.29, 1.82) is 0 Å². The van der Waals surface area contributed by atoms with Crippen LogP contribution in [0.3, 0.4) is 0 Å². The molecule has 0 atom stereocenters. The largest absolute Gasteiger partial charge is 0.313 e. The summed E-state index contributed by atoms with van der Waals surface area (Å²) in [4.78, 5) is 0. The Kier molecular flexibility index (Phi) is 1.63. The minimum absolute atomic E-state index is 1.16. The van der Waals surface area contributed by atoms with Gasteiger partial charge < -0.3 is 5.01 Å². The second-order valence-corrected chi connectivity index (χ2v) is 3.00. The third-order valence-corrected chi connectivity index (χ3v) is 2.22. The molecule has 0 aromatic heterocycles. The highest BCUT2D eigenvalue weighted by Gasteiger charge is 2.15. The van der Waals surface area contributed by atoms with Crippen LogP contribution in [0.4, 0.5) is 0 Å². The first-order valence-corrected chi connectivity index (χ1v) is 4.17. The lowest BCUT2D eigenvalue weighted by Crippen LogP contribution is -2.29. The molecular weight excluding hydrogens is 124 g/mol. The molecule has 1 N–H and O–H groups in total. The first kappa shape index (κ1) is 6.23. The van der Waals surface area contributed by atoms with Gasteiger partial charge in [0.2, 0.25) is 0 Å². The summed E-state index contributed by atoms with van der Waals surface area (Å²) in [5.74, 6) is 0. The van der Waals surface area contributed by atoms with E-state index >= 15 is 0 Å². The zero-order chi connectivity index (χ0) is 6.81. The highest BCUT2D eigenvalue weighted by Crippen LogP contribution is 2.21. The Labute approximate surface area is 61.9 Å². The van der Waals surface area contributed by atoms with Gasteiger partial charge in [-0.15, -0.1) is 0 Å². The Balaban J connectivity index is 1.97. The molecule has 0 bridgehead atoms. The van der Waals surface area contributed by atoms with Crippen LogP contribution in [0.2, 0.25) is 0 Å². The Hall–Kier alpha value is -0.500. The van der Waals surface area contributed by atoms with Gasteiger partial charge in [0.1, 0.15) is 0 Å². The first-order chi connectivity index (χ1) is 4.97. The standard InChI is InChI=1S/C8H14N2/c1-2-5-8(4-1)10-7-3-6-9-10/h4,9H,1-3,5-7H2. The fourth-order valence-electron chi connectivity index (χ4n) is 1.67. The van der Waals surface area contributed by atoms with Gasteiger partial charge in [-0.25, -0.2) is 5.43 Å². The lowest BCUT2D eigenvalue weighted by atomic mass is 10.3. The van der Waals surface area contributed by atoms with E-state index in [1.54, 1.807) is 0 Å². The Morgan fingerprint density at radius 3 is 3.00 bits per heavy atom. The van der Waals surface area contributed by atoms with Crippen molar-refractivity contribution in [1.82, 2.24) is 10.4 Å². The average Bonchev–Trinajstić information content (AvgIpc) is 2.59. The number of hydrogen-bond donors (Lipinski definition) is 1. The second-order valence-electron chi connectivity index (χ2n) is 3.00. The van der Waals surface area contributed by atoms with Gasteiger partial charge in [-0.05, 0) is 25.7 Å². The van der Waals surface area contributed by atoms with E-state index in [0.717, 1.165) is 6.54 Å². The van der Waals surface area contributed by atoms with Gasteiger partial charge >= 0.3 is 0 Å². The van der Waals surface area contributed by atoms with Crippen molar-refractivity contribution >= 4 is 0 Å². The van der Waals surface area contributed by atoms with Gasteiger partial charge in [-0.3, -0.25) is 0 Å². The average molecular weight is 138 g/mol. The van der Waals surface area contributed by atoms with Crippen LogP contribution in [0.15, 0.2) is 11.8 Å². The fraction of sp³-hybridized carbons (Fsp3) is 0.750. The minimum Gasteiger partial charge on any atom is -0.313 e. The molecule has 0 radical (unpaired) electrons. The van der Waals surface area contributed by atoms with Crippen LogP contribution < -0.4 is 5.43 Å². The highest BCUT2D eigenvalue weighted by molar-refractivity contribution is 5.06. The maximum absolute atomic E-state index is 3.36. The van der Waals surface area contributed by atoms with Crippen molar-refractivity contribution in [2.24, 2.45) is 0 Å². The fourth-order valence-corrected chi connectivity index (χ4v) is 1.67. The molecule has 2 heteroatoms. The SMILES string of the molecule is C1=C(N2CCCN2)CCC1. The number of nitrogens with one attached hydrogen (secondary N) is 1. The molecule has 2 nitrogen and oxygen atoms in total. The molecule has 1 heterocycles. The molecule has 2 aliphatic rings. The van der Waals surface area contributed by atoms with E-state index in [4.69, 9.17) is 0 Å². The topological polar surface area (TPSA) is 15.3 Å². The molecule has 0 spiro atoms. The van der Waals surface area contributed by atoms with E-state index < -0.39 is 0 Å². The van der Waals surface area contributed by atoms with Crippen molar-refractivity contribution in [3.8, 4) is 0 Å². The molecule has 1 aliphatic carbocycles. The molecular formula is C8H14N2. The molecule has 0 amide bonds. The van der Waals surface area contributed by atoms with E-state index in [2.05, 4.69) is 16.5 Å².